The molecule has 0 atom stereocenters. The average molecular weight is 312 g/mol. The molecule has 5 heteroatoms. The molecule has 0 aliphatic rings. The van der Waals surface area contributed by atoms with E-state index in [1.54, 1.807) is 18.2 Å². The Bertz CT molecular complexity index is 709. The number of carbonyl (C=O) groups is 2. The van der Waals surface area contributed by atoms with E-state index >= 15 is 0 Å². The van der Waals surface area contributed by atoms with Crippen molar-refractivity contribution in [2.45, 2.75) is 20.8 Å². The standard InChI is InChI=1S/C18H20N2O3/c1-12-4-7-16(8-5-12)23-11-18(22)20-15-6-9-17(13(2)10-15)19-14(3)21/h4-10H,11H2,1-3H3,(H,19,21)(H,20,22). The molecule has 0 spiro atoms. The van der Waals surface area contributed by atoms with Crippen LogP contribution in [0, 0.1) is 13.8 Å². The molecule has 120 valence electrons. The number of hydrogen-bond acceptors (Lipinski definition) is 3. The summed E-state index contributed by atoms with van der Waals surface area (Å²) in [5.41, 5.74) is 3.40. The third-order valence-corrected chi connectivity index (χ3v) is 3.21. The normalized spacial score (nSPS) is 10.0. The Morgan fingerprint density at radius 3 is 2.30 bits per heavy atom. The smallest absolute Gasteiger partial charge is 0.262 e. The highest BCUT2D eigenvalue weighted by molar-refractivity contribution is 5.93. The molecule has 0 saturated heterocycles. The summed E-state index contributed by atoms with van der Waals surface area (Å²) < 4.78 is 5.43. The zero-order valence-electron chi connectivity index (χ0n) is 13.5. The lowest BCUT2D eigenvalue weighted by Crippen LogP contribution is -2.20. The molecular weight excluding hydrogens is 292 g/mol. The number of hydrogen-bond donors (Lipinski definition) is 2. The second kappa shape index (κ2) is 7.45. The summed E-state index contributed by atoms with van der Waals surface area (Å²) in [5, 5.41) is 5.50. The molecule has 0 aromatic heterocycles. The molecule has 0 bridgehead atoms. The Morgan fingerprint density at radius 2 is 1.70 bits per heavy atom. The topological polar surface area (TPSA) is 67.4 Å². The number of ether oxygens (including phenoxy) is 1. The first kappa shape index (κ1) is 16.5. The van der Waals surface area contributed by atoms with Gasteiger partial charge in [0, 0.05) is 18.3 Å². The molecule has 0 aliphatic carbocycles. The zero-order valence-corrected chi connectivity index (χ0v) is 13.5. The third-order valence-electron chi connectivity index (χ3n) is 3.21. The average Bonchev–Trinajstić information content (AvgIpc) is 2.49. The summed E-state index contributed by atoms with van der Waals surface area (Å²) in [5.74, 6) is 0.288. The van der Waals surface area contributed by atoms with Gasteiger partial charge in [-0.2, -0.15) is 0 Å². The molecule has 5 nitrogen and oxygen atoms in total. The first-order chi connectivity index (χ1) is 10.9. The summed E-state index contributed by atoms with van der Waals surface area (Å²) in [6.45, 7) is 5.25. The van der Waals surface area contributed by atoms with Gasteiger partial charge in [0.25, 0.3) is 5.91 Å². The first-order valence-electron chi connectivity index (χ1n) is 7.31. The van der Waals surface area contributed by atoms with Crippen molar-refractivity contribution in [3.8, 4) is 5.75 Å². The first-order valence-corrected chi connectivity index (χ1v) is 7.31. The van der Waals surface area contributed by atoms with E-state index in [4.69, 9.17) is 4.74 Å². The number of carbonyl (C=O) groups excluding carboxylic acids is 2. The van der Waals surface area contributed by atoms with E-state index in [0.29, 0.717) is 11.4 Å². The van der Waals surface area contributed by atoms with E-state index in [1.807, 2.05) is 38.1 Å². The maximum absolute atomic E-state index is 11.9. The van der Waals surface area contributed by atoms with Gasteiger partial charge in [0.1, 0.15) is 5.75 Å². The van der Waals surface area contributed by atoms with Gasteiger partial charge in [-0.3, -0.25) is 9.59 Å². The Morgan fingerprint density at radius 1 is 1.00 bits per heavy atom. The maximum atomic E-state index is 11.9. The van der Waals surface area contributed by atoms with Gasteiger partial charge in [-0.05, 0) is 49.7 Å². The van der Waals surface area contributed by atoms with Crippen molar-refractivity contribution >= 4 is 23.2 Å². The van der Waals surface area contributed by atoms with Gasteiger partial charge >= 0.3 is 0 Å². The fourth-order valence-electron chi connectivity index (χ4n) is 2.05. The van der Waals surface area contributed by atoms with Crippen LogP contribution in [0.4, 0.5) is 11.4 Å². The fraction of sp³-hybridized carbons (Fsp3) is 0.222. The van der Waals surface area contributed by atoms with Crippen LogP contribution in [0.25, 0.3) is 0 Å². The summed E-state index contributed by atoms with van der Waals surface area (Å²) in [6, 6.07) is 12.8. The van der Waals surface area contributed by atoms with Crippen molar-refractivity contribution in [2.75, 3.05) is 17.2 Å². The predicted octanol–water partition coefficient (Wildman–Crippen LogP) is 3.28. The van der Waals surface area contributed by atoms with Gasteiger partial charge in [0.15, 0.2) is 6.61 Å². The van der Waals surface area contributed by atoms with Crippen LogP contribution in [0.5, 0.6) is 5.75 Å². The van der Waals surface area contributed by atoms with Gasteiger partial charge in [-0.1, -0.05) is 17.7 Å². The molecular formula is C18H20N2O3. The summed E-state index contributed by atoms with van der Waals surface area (Å²) >= 11 is 0. The molecule has 0 aliphatic heterocycles. The number of amides is 2. The monoisotopic (exact) mass is 312 g/mol. The fourth-order valence-corrected chi connectivity index (χ4v) is 2.05. The molecule has 2 amide bonds. The molecule has 0 heterocycles. The number of anilines is 2. The van der Waals surface area contributed by atoms with Gasteiger partial charge in [-0.25, -0.2) is 0 Å². The molecule has 2 N–H and O–H groups in total. The van der Waals surface area contributed by atoms with E-state index in [2.05, 4.69) is 10.6 Å². The lowest BCUT2D eigenvalue weighted by molar-refractivity contribution is -0.118. The second-order valence-corrected chi connectivity index (χ2v) is 5.36. The van der Waals surface area contributed by atoms with Gasteiger partial charge in [0.2, 0.25) is 5.91 Å². The molecule has 0 saturated carbocycles. The van der Waals surface area contributed by atoms with Crippen LogP contribution in [0.1, 0.15) is 18.1 Å². The summed E-state index contributed by atoms with van der Waals surface area (Å²) in [4.78, 5) is 23.0. The van der Waals surface area contributed by atoms with Gasteiger partial charge in [-0.15, -0.1) is 0 Å². The Kier molecular flexibility index (Phi) is 5.36. The predicted molar refractivity (Wildman–Crippen MR) is 90.8 cm³/mol. The Labute approximate surface area is 135 Å². The molecule has 2 rings (SSSR count). The number of nitrogens with one attached hydrogen (secondary N) is 2. The largest absolute Gasteiger partial charge is 0.484 e. The molecule has 2 aromatic rings. The van der Waals surface area contributed by atoms with Crippen molar-refractivity contribution in [3.05, 3.63) is 53.6 Å². The summed E-state index contributed by atoms with van der Waals surface area (Å²) in [6.07, 6.45) is 0. The molecule has 0 fully saturated rings. The molecule has 0 radical (unpaired) electrons. The van der Waals surface area contributed by atoms with Crippen LogP contribution in [0.3, 0.4) is 0 Å². The lowest BCUT2D eigenvalue weighted by Gasteiger charge is -2.11. The zero-order chi connectivity index (χ0) is 16.8. The van der Waals surface area contributed by atoms with Crippen LogP contribution in [0.15, 0.2) is 42.5 Å². The SMILES string of the molecule is CC(=O)Nc1ccc(NC(=O)COc2ccc(C)cc2)cc1C. The highest BCUT2D eigenvalue weighted by atomic mass is 16.5. The Balaban J connectivity index is 1.91. The van der Waals surface area contributed by atoms with Gasteiger partial charge in [0.05, 0.1) is 0 Å². The molecule has 0 unspecified atom stereocenters. The quantitative estimate of drug-likeness (QED) is 0.890. The minimum atomic E-state index is -0.239. The van der Waals surface area contributed by atoms with Gasteiger partial charge < -0.3 is 15.4 Å². The van der Waals surface area contributed by atoms with Crippen LogP contribution in [0.2, 0.25) is 0 Å². The minimum absolute atomic E-state index is 0.0600. The molecule has 2 aromatic carbocycles. The van der Waals surface area contributed by atoms with Crippen molar-refractivity contribution in [3.63, 3.8) is 0 Å². The van der Waals surface area contributed by atoms with E-state index < -0.39 is 0 Å². The van der Waals surface area contributed by atoms with E-state index in [1.165, 1.54) is 6.92 Å². The third kappa shape index (κ3) is 5.14. The van der Waals surface area contributed by atoms with E-state index in [0.717, 1.165) is 16.8 Å². The Hall–Kier alpha value is -2.82. The lowest BCUT2D eigenvalue weighted by atomic mass is 10.1. The highest BCUT2D eigenvalue weighted by Crippen LogP contribution is 2.19. The van der Waals surface area contributed by atoms with Crippen LogP contribution >= 0.6 is 0 Å². The van der Waals surface area contributed by atoms with Crippen molar-refractivity contribution in [1.82, 2.24) is 0 Å². The summed E-state index contributed by atoms with van der Waals surface area (Å²) in [7, 11) is 0. The number of aryl methyl sites for hydroxylation is 2. The van der Waals surface area contributed by atoms with Crippen LogP contribution in [-0.2, 0) is 9.59 Å². The second-order valence-electron chi connectivity index (χ2n) is 5.36. The maximum Gasteiger partial charge on any atom is 0.262 e. The van der Waals surface area contributed by atoms with Crippen molar-refractivity contribution in [1.29, 1.82) is 0 Å². The highest BCUT2D eigenvalue weighted by Gasteiger charge is 2.06. The van der Waals surface area contributed by atoms with E-state index in [9.17, 15) is 9.59 Å². The van der Waals surface area contributed by atoms with Crippen LogP contribution in [-0.4, -0.2) is 18.4 Å². The molecule has 23 heavy (non-hydrogen) atoms. The minimum Gasteiger partial charge on any atom is -0.484 e. The number of rotatable bonds is 5. The van der Waals surface area contributed by atoms with Crippen LogP contribution < -0.4 is 15.4 Å². The van der Waals surface area contributed by atoms with Crippen molar-refractivity contribution < 1.29 is 14.3 Å². The van der Waals surface area contributed by atoms with Crippen molar-refractivity contribution in [2.24, 2.45) is 0 Å². The number of benzene rings is 2. The van der Waals surface area contributed by atoms with E-state index in [-0.39, 0.29) is 18.4 Å².